The molecule has 1 saturated carbocycles. The maximum Gasteiger partial charge on any atom is 0.317 e. The summed E-state index contributed by atoms with van der Waals surface area (Å²) in [5.41, 5.74) is 0. The van der Waals surface area contributed by atoms with E-state index in [2.05, 4.69) is 12.2 Å². The first kappa shape index (κ1) is 13.3. The highest BCUT2D eigenvalue weighted by molar-refractivity contribution is 5.73. The van der Waals surface area contributed by atoms with Crippen molar-refractivity contribution in [3.8, 4) is 0 Å². The molecule has 1 N–H and O–H groups in total. The van der Waals surface area contributed by atoms with Crippen molar-refractivity contribution in [2.24, 2.45) is 11.8 Å². The Morgan fingerprint density at radius 2 is 1.94 bits per heavy atom. The zero-order valence-corrected chi connectivity index (χ0v) is 11.0. The number of urea groups is 1. The average Bonchev–Trinajstić information content (AvgIpc) is 2.30. The Hall–Kier alpha value is -0.730. The quantitative estimate of drug-likeness (QED) is 0.785. The van der Waals surface area contributed by atoms with Gasteiger partial charge in [-0.3, -0.25) is 0 Å². The van der Waals surface area contributed by atoms with Crippen molar-refractivity contribution >= 4 is 6.03 Å². The smallest absolute Gasteiger partial charge is 0.317 e. The maximum atomic E-state index is 11.5. The lowest BCUT2D eigenvalue weighted by molar-refractivity contribution is 0.208. The van der Waals surface area contributed by atoms with Crippen LogP contribution in [0.4, 0.5) is 4.79 Å². The van der Waals surface area contributed by atoms with E-state index < -0.39 is 0 Å². The third kappa shape index (κ3) is 4.42. The molecule has 3 nitrogen and oxygen atoms in total. The van der Waals surface area contributed by atoms with E-state index in [1.807, 2.05) is 14.0 Å². The van der Waals surface area contributed by atoms with Crippen molar-refractivity contribution in [1.82, 2.24) is 10.2 Å². The number of carbonyl (C=O) groups excluding carboxylic acids is 1. The van der Waals surface area contributed by atoms with Crippen LogP contribution < -0.4 is 5.32 Å². The number of amides is 2. The molecule has 0 aromatic heterocycles. The Labute approximate surface area is 99.6 Å². The van der Waals surface area contributed by atoms with Gasteiger partial charge in [0.25, 0.3) is 0 Å². The molecule has 0 aliphatic heterocycles. The Morgan fingerprint density at radius 1 is 1.31 bits per heavy atom. The lowest BCUT2D eigenvalue weighted by atomic mass is 9.81. The number of nitrogens with zero attached hydrogens (tertiary/aromatic N) is 1. The van der Waals surface area contributed by atoms with Gasteiger partial charge < -0.3 is 10.2 Å². The summed E-state index contributed by atoms with van der Waals surface area (Å²) in [6, 6.07) is 0.0617. The van der Waals surface area contributed by atoms with Gasteiger partial charge in [-0.1, -0.05) is 32.6 Å². The molecule has 0 saturated heterocycles. The third-order valence-electron chi connectivity index (χ3n) is 3.79. The second-order valence-electron chi connectivity index (χ2n) is 5.16. The second-order valence-corrected chi connectivity index (χ2v) is 5.16. The molecule has 0 radical (unpaired) electrons. The first-order valence-electron chi connectivity index (χ1n) is 6.62. The van der Waals surface area contributed by atoms with E-state index in [-0.39, 0.29) is 6.03 Å². The van der Waals surface area contributed by atoms with Gasteiger partial charge in [-0.15, -0.1) is 0 Å². The fourth-order valence-electron chi connectivity index (χ4n) is 2.28. The van der Waals surface area contributed by atoms with Gasteiger partial charge in [-0.25, -0.2) is 4.79 Å². The number of rotatable bonds is 4. The van der Waals surface area contributed by atoms with Crippen LogP contribution in [0.15, 0.2) is 0 Å². The summed E-state index contributed by atoms with van der Waals surface area (Å²) >= 11 is 0. The zero-order chi connectivity index (χ0) is 12.0. The van der Waals surface area contributed by atoms with Crippen molar-refractivity contribution in [3.63, 3.8) is 0 Å². The number of hydrogen-bond donors (Lipinski definition) is 1. The van der Waals surface area contributed by atoms with E-state index >= 15 is 0 Å². The standard InChI is InChI=1S/C13H26N2O/c1-4-15(3)13(16)14-10-9-12-7-5-11(2)6-8-12/h11-12H,4-10H2,1-3H3,(H,14,16). The first-order valence-corrected chi connectivity index (χ1v) is 6.62. The number of hydrogen-bond acceptors (Lipinski definition) is 1. The van der Waals surface area contributed by atoms with Gasteiger partial charge in [0, 0.05) is 20.1 Å². The second kappa shape index (κ2) is 6.77. The van der Waals surface area contributed by atoms with Crippen molar-refractivity contribution < 1.29 is 4.79 Å². The van der Waals surface area contributed by atoms with Crippen molar-refractivity contribution in [3.05, 3.63) is 0 Å². The topological polar surface area (TPSA) is 32.3 Å². The largest absolute Gasteiger partial charge is 0.338 e. The van der Waals surface area contributed by atoms with Gasteiger partial charge in [0.1, 0.15) is 0 Å². The third-order valence-corrected chi connectivity index (χ3v) is 3.79. The van der Waals surface area contributed by atoms with E-state index in [9.17, 15) is 4.79 Å². The Balaban J connectivity index is 2.09. The molecule has 94 valence electrons. The summed E-state index contributed by atoms with van der Waals surface area (Å²) in [5.74, 6) is 1.75. The fourth-order valence-corrected chi connectivity index (χ4v) is 2.28. The van der Waals surface area contributed by atoms with Crippen LogP contribution in [-0.4, -0.2) is 31.1 Å². The van der Waals surface area contributed by atoms with E-state index in [1.165, 1.54) is 25.7 Å². The van der Waals surface area contributed by atoms with Gasteiger partial charge in [-0.2, -0.15) is 0 Å². The summed E-state index contributed by atoms with van der Waals surface area (Å²) < 4.78 is 0. The molecule has 2 amide bonds. The highest BCUT2D eigenvalue weighted by Crippen LogP contribution is 2.29. The number of nitrogens with one attached hydrogen (secondary N) is 1. The first-order chi connectivity index (χ1) is 7.63. The minimum Gasteiger partial charge on any atom is -0.338 e. The van der Waals surface area contributed by atoms with Crippen LogP contribution >= 0.6 is 0 Å². The summed E-state index contributed by atoms with van der Waals surface area (Å²) in [5, 5.41) is 2.98. The monoisotopic (exact) mass is 226 g/mol. The molecule has 1 aliphatic rings. The molecule has 0 atom stereocenters. The number of carbonyl (C=O) groups is 1. The predicted octanol–water partition coefficient (Wildman–Crippen LogP) is 2.86. The average molecular weight is 226 g/mol. The lowest BCUT2D eigenvalue weighted by Gasteiger charge is -2.26. The molecule has 0 aromatic rings. The van der Waals surface area contributed by atoms with Gasteiger partial charge in [-0.05, 0) is 25.2 Å². The molecule has 16 heavy (non-hydrogen) atoms. The van der Waals surface area contributed by atoms with E-state index in [1.54, 1.807) is 4.90 Å². The molecule has 3 heteroatoms. The van der Waals surface area contributed by atoms with Crippen LogP contribution in [0.25, 0.3) is 0 Å². The molecule has 0 unspecified atom stereocenters. The van der Waals surface area contributed by atoms with Crippen LogP contribution in [0.2, 0.25) is 0 Å². The molecule has 0 bridgehead atoms. The van der Waals surface area contributed by atoms with Crippen LogP contribution in [0, 0.1) is 11.8 Å². The molecule has 0 heterocycles. The molecule has 1 fully saturated rings. The van der Waals surface area contributed by atoms with E-state index in [4.69, 9.17) is 0 Å². The van der Waals surface area contributed by atoms with Gasteiger partial charge >= 0.3 is 6.03 Å². The van der Waals surface area contributed by atoms with Crippen molar-refractivity contribution in [2.75, 3.05) is 20.1 Å². The normalized spacial score (nSPS) is 25.2. The lowest BCUT2D eigenvalue weighted by Crippen LogP contribution is -2.38. The Bertz CT molecular complexity index is 210. The van der Waals surface area contributed by atoms with Crippen LogP contribution in [0.1, 0.15) is 46.0 Å². The van der Waals surface area contributed by atoms with E-state index in [0.717, 1.165) is 31.3 Å². The maximum absolute atomic E-state index is 11.5. The van der Waals surface area contributed by atoms with E-state index in [0.29, 0.717) is 0 Å². The van der Waals surface area contributed by atoms with Gasteiger partial charge in [0.15, 0.2) is 0 Å². The molecular formula is C13H26N2O. The summed E-state index contributed by atoms with van der Waals surface area (Å²) in [4.78, 5) is 13.2. The summed E-state index contributed by atoms with van der Waals surface area (Å²) in [7, 11) is 1.83. The minimum atomic E-state index is 0.0617. The fraction of sp³-hybridized carbons (Fsp3) is 0.923. The highest BCUT2D eigenvalue weighted by atomic mass is 16.2. The zero-order valence-electron chi connectivity index (χ0n) is 11.0. The molecule has 0 spiro atoms. The van der Waals surface area contributed by atoms with Crippen LogP contribution in [-0.2, 0) is 0 Å². The molecule has 1 aliphatic carbocycles. The molecule has 0 aromatic carbocycles. The Kier molecular flexibility index (Phi) is 5.64. The van der Waals surface area contributed by atoms with Crippen molar-refractivity contribution in [1.29, 1.82) is 0 Å². The minimum absolute atomic E-state index is 0.0617. The SMILES string of the molecule is CCN(C)C(=O)NCCC1CCC(C)CC1. The highest BCUT2D eigenvalue weighted by Gasteiger charge is 2.18. The summed E-state index contributed by atoms with van der Waals surface area (Å²) in [6.07, 6.45) is 6.58. The molecular weight excluding hydrogens is 200 g/mol. The molecule has 1 rings (SSSR count). The van der Waals surface area contributed by atoms with Crippen LogP contribution in [0.3, 0.4) is 0 Å². The summed E-state index contributed by atoms with van der Waals surface area (Å²) in [6.45, 7) is 5.94. The predicted molar refractivity (Wildman–Crippen MR) is 67.4 cm³/mol. The van der Waals surface area contributed by atoms with Crippen LogP contribution in [0.5, 0.6) is 0 Å². The van der Waals surface area contributed by atoms with Gasteiger partial charge in [0.05, 0.1) is 0 Å². The van der Waals surface area contributed by atoms with Gasteiger partial charge in [0.2, 0.25) is 0 Å². The Morgan fingerprint density at radius 3 is 2.50 bits per heavy atom. The van der Waals surface area contributed by atoms with Crippen molar-refractivity contribution in [2.45, 2.75) is 46.0 Å².